The van der Waals surface area contributed by atoms with Crippen molar-refractivity contribution >= 4 is 41.3 Å². The minimum absolute atomic E-state index is 0. The van der Waals surface area contributed by atoms with Crippen LogP contribution in [0, 0.1) is 20.8 Å². The number of halogens is 1. The summed E-state index contributed by atoms with van der Waals surface area (Å²) in [5, 5.41) is 7.72. The van der Waals surface area contributed by atoms with E-state index in [0.717, 1.165) is 23.9 Å². The Morgan fingerprint density at radius 2 is 1.83 bits per heavy atom. The molecule has 4 nitrogen and oxygen atoms in total. The number of hydrogen-bond donors (Lipinski definition) is 2. The first-order valence-electron chi connectivity index (χ1n) is 7.50. The normalized spacial score (nSPS) is 11.0. The molecule has 0 amide bonds. The third-order valence-electron chi connectivity index (χ3n) is 3.29. The number of rotatable bonds is 5. The fourth-order valence-corrected chi connectivity index (χ4v) is 3.13. The summed E-state index contributed by atoms with van der Waals surface area (Å²) in [6.07, 6.45) is 2.89. The van der Waals surface area contributed by atoms with Crippen LogP contribution in [0.3, 0.4) is 0 Å². The summed E-state index contributed by atoms with van der Waals surface area (Å²) in [6, 6.07) is 6.68. The van der Waals surface area contributed by atoms with Crippen molar-refractivity contribution < 1.29 is 0 Å². The summed E-state index contributed by atoms with van der Waals surface area (Å²) in [5.41, 5.74) is 3.99. The molecule has 0 saturated carbocycles. The van der Waals surface area contributed by atoms with Gasteiger partial charge in [-0.15, -0.1) is 35.3 Å². The van der Waals surface area contributed by atoms with Crippen molar-refractivity contribution in [2.75, 3.05) is 13.6 Å². The molecule has 6 heteroatoms. The Morgan fingerprint density at radius 1 is 1.13 bits per heavy atom. The van der Waals surface area contributed by atoms with Gasteiger partial charge in [-0.1, -0.05) is 29.3 Å². The van der Waals surface area contributed by atoms with Crippen molar-refractivity contribution in [1.29, 1.82) is 0 Å². The molecular formula is C17H25IN4S. The van der Waals surface area contributed by atoms with Crippen LogP contribution >= 0.6 is 35.3 Å². The first-order chi connectivity index (χ1) is 10.6. The standard InChI is InChI=1S/C17H24N4S.HI/c1-12-7-13(2)9-15(8-12)5-6-19-17(18-4)21-11-16-20-10-14(3)22-16;/h7-10H,5-6,11H2,1-4H3,(H2,18,19,21);1H. The van der Waals surface area contributed by atoms with E-state index >= 15 is 0 Å². The van der Waals surface area contributed by atoms with E-state index in [4.69, 9.17) is 0 Å². The van der Waals surface area contributed by atoms with E-state index in [-0.39, 0.29) is 24.0 Å². The second-order valence-corrected chi connectivity index (χ2v) is 6.78. The molecule has 1 aromatic heterocycles. The van der Waals surface area contributed by atoms with Gasteiger partial charge < -0.3 is 10.6 Å². The van der Waals surface area contributed by atoms with Gasteiger partial charge in [0.15, 0.2) is 5.96 Å². The molecular weight excluding hydrogens is 419 g/mol. The van der Waals surface area contributed by atoms with E-state index in [1.54, 1.807) is 18.4 Å². The largest absolute Gasteiger partial charge is 0.356 e. The molecule has 0 saturated heterocycles. The van der Waals surface area contributed by atoms with Crippen LogP contribution in [0.5, 0.6) is 0 Å². The van der Waals surface area contributed by atoms with Crippen molar-refractivity contribution in [1.82, 2.24) is 15.6 Å². The first-order valence-corrected chi connectivity index (χ1v) is 8.31. The quantitative estimate of drug-likeness (QED) is 0.421. The third-order valence-corrected chi connectivity index (χ3v) is 4.20. The van der Waals surface area contributed by atoms with Crippen LogP contribution in [-0.2, 0) is 13.0 Å². The van der Waals surface area contributed by atoms with Crippen molar-refractivity contribution in [2.45, 2.75) is 33.7 Å². The second kappa shape index (κ2) is 9.87. The van der Waals surface area contributed by atoms with Crippen LogP contribution in [0.4, 0.5) is 0 Å². The van der Waals surface area contributed by atoms with Gasteiger partial charge >= 0.3 is 0 Å². The molecule has 0 atom stereocenters. The molecule has 126 valence electrons. The summed E-state index contributed by atoms with van der Waals surface area (Å²) in [6.45, 7) is 7.92. The van der Waals surface area contributed by atoms with E-state index in [1.807, 2.05) is 6.20 Å². The summed E-state index contributed by atoms with van der Waals surface area (Å²) in [5.74, 6) is 0.817. The second-order valence-electron chi connectivity index (χ2n) is 5.46. The van der Waals surface area contributed by atoms with Gasteiger partial charge in [0, 0.05) is 24.7 Å². The lowest BCUT2D eigenvalue weighted by atomic mass is 10.1. The van der Waals surface area contributed by atoms with Gasteiger partial charge in [-0.3, -0.25) is 4.99 Å². The van der Waals surface area contributed by atoms with Gasteiger partial charge in [-0.05, 0) is 32.8 Å². The van der Waals surface area contributed by atoms with Gasteiger partial charge in [0.2, 0.25) is 0 Å². The van der Waals surface area contributed by atoms with Crippen molar-refractivity contribution in [3.8, 4) is 0 Å². The van der Waals surface area contributed by atoms with E-state index < -0.39 is 0 Å². The lowest BCUT2D eigenvalue weighted by molar-refractivity contribution is 0.791. The summed E-state index contributed by atoms with van der Waals surface area (Å²) in [4.78, 5) is 9.82. The zero-order valence-electron chi connectivity index (χ0n) is 14.1. The molecule has 0 aliphatic rings. The zero-order valence-corrected chi connectivity index (χ0v) is 17.3. The number of nitrogens with zero attached hydrogens (tertiary/aromatic N) is 2. The van der Waals surface area contributed by atoms with E-state index in [9.17, 15) is 0 Å². The lowest BCUT2D eigenvalue weighted by Crippen LogP contribution is -2.37. The Kier molecular flexibility index (Phi) is 8.54. The molecule has 0 aliphatic carbocycles. The Bertz CT molecular complexity index is 632. The fourth-order valence-electron chi connectivity index (χ4n) is 2.40. The fraction of sp³-hybridized carbons (Fsp3) is 0.412. The number of aliphatic imine (C=N–C) groups is 1. The third kappa shape index (κ3) is 6.87. The minimum atomic E-state index is 0. The van der Waals surface area contributed by atoms with Crippen LogP contribution < -0.4 is 10.6 Å². The highest BCUT2D eigenvalue weighted by molar-refractivity contribution is 14.0. The van der Waals surface area contributed by atoms with Crippen molar-refractivity contribution in [2.24, 2.45) is 4.99 Å². The Morgan fingerprint density at radius 3 is 2.39 bits per heavy atom. The number of nitrogens with one attached hydrogen (secondary N) is 2. The number of aryl methyl sites for hydroxylation is 3. The predicted octanol–water partition coefficient (Wildman–Crippen LogP) is 3.59. The number of aromatic nitrogens is 1. The topological polar surface area (TPSA) is 49.3 Å². The summed E-state index contributed by atoms with van der Waals surface area (Å²) in [7, 11) is 1.79. The highest BCUT2D eigenvalue weighted by atomic mass is 127. The molecule has 0 bridgehead atoms. The Hall–Kier alpha value is -1.15. The average molecular weight is 444 g/mol. The number of hydrogen-bond acceptors (Lipinski definition) is 3. The molecule has 0 spiro atoms. The smallest absolute Gasteiger partial charge is 0.191 e. The highest BCUT2D eigenvalue weighted by Crippen LogP contribution is 2.10. The molecule has 0 aliphatic heterocycles. The molecule has 2 rings (SSSR count). The Labute approximate surface area is 159 Å². The molecule has 1 aromatic carbocycles. The van der Waals surface area contributed by atoms with Crippen LogP contribution in [-0.4, -0.2) is 24.5 Å². The van der Waals surface area contributed by atoms with Gasteiger partial charge in [0.05, 0.1) is 6.54 Å². The van der Waals surface area contributed by atoms with Crippen molar-refractivity contribution in [3.63, 3.8) is 0 Å². The van der Waals surface area contributed by atoms with Crippen molar-refractivity contribution in [3.05, 3.63) is 51.0 Å². The SMILES string of the molecule is CN=C(NCCc1cc(C)cc(C)c1)NCc1ncc(C)s1.I. The molecule has 2 N–H and O–H groups in total. The summed E-state index contributed by atoms with van der Waals surface area (Å²) >= 11 is 1.71. The van der Waals surface area contributed by atoms with E-state index in [0.29, 0.717) is 6.54 Å². The van der Waals surface area contributed by atoms with Crippen LogP contribution in [0.2, 0.25) is 0 Å². The number of guanidine groups is 1. The highest BCUT2D eigenvalue weighted by Gasteiger charge is 2.02. The average Bonchev–Trinajstić information content (AvgIpc) is 2.87. The van der Waals surface area contributed by atoms with E-state index in [2.05, 4.69) is 59.6 Å². The maximum absolute atomic E-state index is 4.34. The molecule has 1 heterocycles. The first kappa shape index (κ1) is 19.9. The lowest BCUT2D eigenvalue weighted by Gasteiger charge is -2.11. The van der Waals surface area contributed by atoms with E-state index in [1.165, 1.54) is 21.6 Å². The monoisotopic (exact) mass is 444 g/mol. The van der Waals surface area contributed by atoms with Crippen LogP contribution in [0.1, 0.15) is 26.6 Å². The molecule has 0 radical (unpaired) electrons. The van der Waals surface area contributed by atoms with Gasteiger partial charge in [-0.2, -0.15) is 0 Å². The molecule has 2 aromatic rings. The maximum atomic E-state index is 4.34. The molecule has 0 fully saturated rings. The minimum Gasteiger partial charge on any atom is -0.356 e. The van der Waals surface area contributed by atoms with Gasteiger partial charge in [-0.25, -0.2) is 4.98 Å². The van der Waals surface area contributed by atoms with Gasteiger partial charge in [0.25, 0.3) is 0 Å². The number of benzene rings is 1. The van der Waals surface area contributed by atoms with Crippen LogP contribution in [0.15, 0.2) is 29.4 Å². The Balaban J connectivity index is 0.00000264. The zero-order chi connectivity index (χ0) is 15.9. The van der Waals surface area contributed by atoms with Crippen LogP contribution in [0.25, 0.3) is 0 Å². The number of thiazole rings is 1. The maximum Gasteiger partial charge on any atom is 0.191 e. The molecule has 0 unspecified atom stereocenters. The van der Waals surface area contributed by atoms with Gasteiger partial charge in [0.1, 0.15) is 5.01 Å². The predicted molar refractivity (Wildman–Crippen MR) is 110 cm³/mol. The summed E-state index contributed by atoms with van der Waals surface area (Å²) < 4.78 is 0. The molecule has 23 heavy (non-hydrogen) atoms.